The van der Waals surface area contributed by atoms with Gasteiger partial charge >= 0.3 is 0 Å². The predicted octanol–water partition coefficient (Wildman–Crippen LogP) is 0.953. The van der Waals surface area contributed by atoms with Crippen LogP contribution in [0.5, 0.6) is 0 Å². The number of unbranched alkanes of at least 4 members (excludes halogenated alkanes) is 3. The second kappa shape index (κ2) is 11.9. The smallest absolute Gasteiger partial charge is 0.100 e. The second-order valence-electron chi connectivity index (χ2n) is 3.52. The maximum atomic E-state index is 8.97. The largest absolute Gasteiger partial charge is 0.394 e. The Morgan fingerprint density at radius 2 is 1.60 bits per heavy atom. The van der Waals surface area contributed by atoms with E-state index in [4.69, 9.17) is 19.7 Å². The van der Waals surface area contributed by atoms with Gasteiger partial charge in [0, 0.05) is 19.8 Å². The summed E-state index contributed by atoms with van der Waals surface area (Å²) in [6.07, 6.45) is 3.66. The summed E-state index contributed by atoms with van der Waals surface area (Å²) in [4.78, 5) is 0. The van der Waals surface area contributed by atoms with Crippen LogP contribution >= 0.6 is 0 Å². The number of aliphatic hydroxyl groups excluding tert-OH is 2. The average molecular weight is 220 g/mol. The molecule has 0 amide bonds. The maximum Gasteiger partial charge on any atom is 0.100 e. The van der Waals surface area contributed by atoms with Crippen LogP contribution in [0.15, 0.2) is 0 Å². The highest BCUT2D eigenvalue weighted by atomic mass is 16.5. The Morgan fingerprint density at radius 1 is 1.00 bits per heavy atom. The molecule has 1 atom stereocenters. The van der Waals surface area contributed by atoms with Crippen molar-refractivity contribution in [2.75, 3.05) is 33.0 Å². The monoisotopic (exact) mass is 220 g/mol. The van der Waals surface area contributed by atoms with Crippen molar-refractivity contribution in [2.45, 2.75) is 38.7 Å². The molecule has 0 heterocycles. The third-order valence-electron chi connectivity index (χ3n) is 2.05. The van der Waals surface area contributed by atoms with E-state index in [0.717, 1.165) is 38.9 Å². The molecule has 0 saturated heterocycles. The standard InChI is InChI=1S/C11H24O4/c1-2-14-7-5-3-4-6-8-15-10-11(13)9-12/h11-13H,2-10H2,1H3. The molecule has 92 valence electrons. The number of hydrogen-bond donors (Lipinski definition) is 2. The van der Waals surface area contributed by atoms with Crippen molar-refractivity contribution in [3.8, 4) is 0 Å². The summed E-state index contributed by atoms with van der Waals surface area (Å²) in [7, 11) is 0. The topological polar surface area (TPSA) is 58.9 Å². The van der Waals surface area contributed by atoms with E-state index in [1.807, 2.05) is 6.92 Å². The molecule has 0 fully saturated rings. The van der Waals surface area contributed by atoms with Gasteiger partial charge in [-0.25, -0.2) is 0 Å². The lowest BCUT2D eigenvalue weighted by atomic mass is 10.2. The minimum absolute atomic E-state index is 0.228. The minimum atomic E-state index is -0.733. The van der Waals surface area contributed by atoms with Gasteiger partial charge in [-0.1, -0.05) is 12.8 Å². The lowest BCUT2D eigenvalue weighted by Crippen LogP contribution is -2.19. The van der Waals surface area contributed by atoms with E-state index >= 15 is 0 Å². The van der Waals surface area contributed by atoms with Crippen LogP contribution in [0.1, 0.15) is 32.6 Å². The zero-order valence-corrected chi connectivity index (χ0v) is 9.65. The van der Waals surface area contributed by atoms with Crippen LogP contribution in [-0.2, 0) is 9.47 Å². The maximum absolute atomic E-state index is 8.97. The highest BCUT2D eigenvalue weighted by molar-refractivity contribution is 4.49. The van der Waals surface area contributed by atoms with Gasteiger partial charge in [0.1, 0.15) is 6.10 Å². The van der Waals surface area contributed by atoms with Crippen LogP contribution in [-0.4, -0.2) is 49.4 Å². The predicted molar refractivity (Wildman–Crippen MR) is 58.9 cm³/mol. The van der Waals surface area contributed by atoms with E-state index in [-0.39, 0.29) is 13.2 Å². The van der Waals surface area contributed by atoms with E-state index in [0.29, 0.717) is 6.61 Å². The van der Waals surface area contributed by atoms with Crippen molar-refractivity contribution in [3.05, 3.63) is 0 Å². The van der Waals surface area contributed by atoms with E-state index in [2.05, 4.69) is 0 Å². The summed E-state index contributed by atoms with van der Waals surface area (Å²) in [6, 6.07) is 0. The van der Waals surface area contributed by atoms with Crippen molar-refractivity contribution in [2.24, 2.45) is 0 Å². The molecule has 0 aromatic rings. The van der Waals surface area contributed by atoms with Crippen molar-refractivity contribution in [3.63, 3.8) is 0 Å². The quantitative estimate of drug-likeness (QED) is 0.509. The Bertz CT molecular complexity index is 119. The fourth-order valence-corrected chi connectivity index (χ4v) is 1.18. The van der Waals surface area contributed by atoms with Gasteiger partial charge in [0.2, 0.25) is 0 Å². The van der Waals surface area contributed by atoms with Crippen LogP contribution in [0.2, 0.25) is 0 Å². The fourth-order valence-electron chi connectivity index (χ4n) is 1.18. The van der Waals surface area contributed by atoms with Crippen molar-refractivity contribution in [1.29, 1.82) is 0 Å². The molecule has 15 heavy (non-hydrogen) atoms. The van der Waals surface area contributed by atoms with Crippen LogP contribution in [0, 0.1) is 0 Å². The van der Waals surface area contributed by atoms with Gasteiger partial charge < -0.3 is 19.7 Å². The van der Waals surface area contributed by atoms with Gasteiger partial charge in [-0.05, 0) is 19.8 Å². The van der Waals surface area contributed by atoms with Crippen LogP contribution in [0.4, 0.5) is 0 Å². The number of rotatable bonds is 11. The van der Waals surface area contributed by atoms with E-state index < -0.39 is 6.10 Å². The van der Waals surface area contributed by atoms with Crippen molar-refractivity contribution >= 4 is 0 Å². The first-order valence-corrected chi connectivity index (χ1v) is 5.75. The summed E-state index contributed by atoms with van der Waals surface area (Å²) in [6.45, 7) is 4.30. The summed E-state index contributed by atoms with van der Waals surface area (Å²) in [5.74, 6) is 0. The summed E-state index contributed by atoms with van der Waals surface area (Å²) >= 11 is 0. The second-order valence-corrected chi connectivity index (χ2v) is 3.52. The van der Waals surface area contributed by atoms with Gasteiger partial charge in [-0.2, -0.15) is 0 Å². The molecule has 2 N–H and O–H groups in total. The molecule has 0 rings (SSSR count). The number of hydrogen-bond acceptors (Lipinski definition) is 4. The normalized spacial score (nSPS) is 13.0. The van der Waals surface area contributed by atoms with Gasteiger partial charge in [0.15, 0.2) is 0 Å². The van der Waals surface area contributed by atoms with Gasteiger partial charge in [0.25, 0.3) is 0 Å². The number of aliphatic hydroxyl groups is 2. The molecule has 0 aromatic heterocycles. The molecule has 0 saturated carbocycles. The van der Waals surface area contributed by atoms with Crippen LogP contribution in [0.25, 0.3) is 0 Å². The zero-order valence-electron chi connectivity index (χ0n) is 9.65. The Morgan fingerprint density at radius 3 is 2.13 bits per heavy atom. The molecule has 4 nitrogen and oxygen atoms in total. The third-order valence-corrected chi connectivity index (χ3v) is 2.05. The highest BCUT2D eigenvalue weighted by Crippen LogP contribution is 2.00. The Labute approximate surface area is 92.2 Å². The first kappa shape index (κ1) is 14.8. The van der Waals surface area contributed by atoms with Crippen molar-refractivity contribution < 1.29 is 19.7 Å². The van der Waals surface area contributed by atoms with E-state index in [1.165, 1.54) is 0 Å². The van der Waals surface area contributed by atoms with Crippen molar-refractivity contribution in [1.82, 2.24) is 0 Å². The molecule has 0 aliphatic carbocycles. The zero-order chi connectivity index (χ0) is 11.4. The molecule has 1 unspecified atom stereocenters. The minimum Gasteiger partial charge on any atom is -0.394 e. The molecule has 0 aliphatic rings. The molecular weight excluding hydrogens is 196 g/mol. The molecular formula is C11H24O4. The first-order chi connectivity index (χ1) is 7.31. The molecule has 4 heteroatoms. The highest BCUT2D eigenvalue weighted by Gasteiger charge is 2.00. The van der Waals surface area contributed by atoms with Crippen LogP contribution < -0.4 is 0 Å². The van der Waals surface area contributed by atoms with E-state index in [1.54, 1.807) is 0 Å². The van der Waals surface area contributed by atoms with Gasteiger partial charge in [-0.15, -0.1) is 0 Å². The molecule has 0 aromatic carbocycles. The lowest BCUT2D eigenvalue weighted by Gasteiger charge is -2.07. The van der Waals surface area contributed by atoms with Gasteiger partial charge in [-0.3, -0.25) is 0 Å². The summed E-state index contributed by atoms with van der Waals surface area (Å²) in [5.41, 5.74) is 0. The number of ether oxygens (including phenoxy) is 2. The fraction of sp³-hybridized carbons (Fsp3) is 1.00. The first-order valence-electron chi connectivity index (χ1n) is 5.75. The SMILES string of the molecule is CCOCCCCCCOCC(O)CO. The summed E-state index contributed by atoms with van der Waals surface area (Å²) in [5, 5.41) is 17.5. The third kappa shape index (κ3) is 11.8. The Kier molecular flexibility index (Phi) is 11.8. The lowest BCUT2D eigenvalue weighted by molar-refractivity contribution is 0.00517. The Balaban J connectivity index is 2.92. The molecule has 0 spiro atoms. The average Bonchev–Trinajstić information content (AvgIpc) is 2.26. The summed E-state index contributed by atoms with van der Waals surface area (Å²) < 4.78 is 10.4. The van der Waals surface area contributed by atoms with Crippen LogP contribution in [0.3, 0.4) is 0 Å². The van der Waals surface area contributed by atoms with Gasteiger partial charge in [0.05, 0.1) is 13.2 Å². The Hall–Kier alpha value is -0.160. The molecule has 0 aliphatic heterocycles. The molecule has 0 bridgehead atoms. The molecule has 0 radical (unpaired) electrons. The van der Waals surface area contributed by atoms with E-state index in [9.17, 15) is 0 Å².